The highest BCUT2D eigenvalue weighted by Crippen LogP contribution is 2.48. The molecular formula is C38H39F2N5O3. The number of anilines is 1. The largest absolute Gasteiger partial charge is 0.508 e. The number of phenols is 1. The SMILES string of the molecule is C#Cc1c(C)ccc2cc(O)cc(-c3c(F)cc4c(N5CC6CCC(C5)N6)nc(OCC5(CN6CC7COCC7C6)CC5)nc4c3F)c12. The van der Waals surface area contributed by atoms with Crippen molar-refractivity contribution in [1.29, 1.82) is 0 Å². The lowest BCUT2D eigenvalue weighted by molar-refractivity contribution is 0.131. The van der Waals surface area contributed by atoms with E-state index in [4.69, 9.17) is 20.9 Å². The third-order valence-electron chi connectivity index (χ3n) is 11.4. The van der Waals surface area contributed by atoms with E-state index in [2.05, 4.69) is 26.0 Å². The molecule has 0 spiro atoms. The third-order valence-corrected chi connectivity index (χ3v) is 11.4. The lowest BCUT2D eigenvalue weighted by Crippen LogP contribution is -2.51. The number of rotatable bonds is 7. The van der Waals surface area contributed by atoms with Crippen LogP contribution in [0.5, 0.6) is 11.8 Å². The molecule has 4 atom stereocenters. The highest BCUT2D eigenvalue weighted by molar-refractivity contribution is 6.04. The Bertz CT molecular complexity index is 1980. The number of aromatic nitrogens is 2. The number of aromatic hydroxyl groups is 1. The summed E-state index contributed by atoms with van der Waals surface area (Å²) in [5, 5.41) is 15.7. The molecule has 1 saturated carbocycles. The molecule has 1 aliphatic carbocycles. The van der Waals surface area contributed by atoms with E-state index >= 15 is 8.78 Å². The molecule has 3 aromatic carbocycles. The van der Waals surface area contributed by atoms with Crippen LogP contribution in [0.4, 0.5) is 14.6 Å². The summed E-state index contributed by atoms with van der Waals surface area (Å²) in [4.78, 5) is 14.1. The zero-order valence-electron chi connectivity index (χ0n) is 27.1. The molecule has 4 unspecified atom stereocenters. The van der Waals surface area contributed by atoms with E-state index in [0.717, 1.165) is 64.1 Å². The van der Waals surface area contributed by atoms with Gasteiger partial charge in [0.05, 0.1) is 25.4 Å². The van der Waals surface area contributed by atoms with Crippen molar-refractivity contribution in [2.75, 3.05) is 57.4 Å². The molecule has 5 fully saturated rings. The summed E-state index contributed by atoms with van der Waals surface area (Å²) in [5.74, 6) is 2.69. The number of fused-ring (bicyclic) bond motifs is 5. The fourth-order valence-corrected chi connectivity index (χ4v) is 8.75. The fourth-order valence-electron chi connectivity index (χ4n) is 8.75. The topological polar surface area (TPSA) is 83.0 Å². The highest BCUT2D eigenvalue weighted by atomic mass is 19.1. The zero-order chi connectivity index (χ0) is 32.7. The number of nitrogens with one attached hydrogen (secondary N) is 1. The first-order valence-electron chi connectivity index (χ1n) is 17.1. The van der Waals surface area contributed by atoms with E-state index in [9.17, 15) is 5.11 Å². The first-order chi connectivity index (χ1) is 23.3. The van der Waals surface area contributed by atoms with Crippen molar-refractivity contribution in [3.05, 3.63) is 53.1 Å². The molecule has 4 aliphatic heterocycles. The van der Waals surface area contributed by atoms with Crippen LogP contribution in [0.2, 0.25) is 0 Å². The molecule has 1 aromatic heterocycles. The van der Waals surface area contributed by atoms with E-state index < -0.39 is 11.6 Å². The fraction of sp³-hybridized carbons (Fsp3) is 0.474. The second-order valence-corrected chi connectivity index (χ2v) is 14.8. The van der Waals surface area contributed by atoms with Crippen LogP contribution in [0.15, 0.2) is 30.3 Å². The highest BCUT2D eigenvalue weighted by Gasteiger charge is 2.48. The number of hydrogen-bond acceptors (Lipinski definition) is 8. The van der Waals surface area contributed by atoms with Gasteiger partial charge in [0.2, 0.25) is 0 Å². The lowest BCUT2D eigenvalue weighted by atomic mass is 9.91. The van der Waals surface area contributed by atoms with Crippen LogP contribution in [-0.2, 0) is 4.74 Å². The summed E-state index contributed by atoms with van der Waals surface area (Å²) in [6.07, 6.45) is 10.1. The van der Waals surface area contributed by atoms with E-state index in [0.29, 0.717) is 59.1 Å². The summed E-state index contributed by atoms with van der Waals surface area (Å²) in [6.45, 7) is 8.41. The van der Waals surface area contributed by atoms with Crippen molar-refractivity contribution >= 4 is 27.5 Å². The van der Waals surface area contributed by atoms with Gasteiger partial charge in [-0.2, -0.15) is 9.97 Å². The molecule has 5 aliphatic rings. The van der Waals surface area contributed by atoms with E-state index in [-0.39, 0.29) is 45.9 Å². The first kappa shape index (κ1) is 30.1. The number of halogens is 2. The molecule has 0 radical (unpaired) electrons. The average Bonchev–Trinajstić information content (AvgIpc) is 3.31. The number of aryl methyl sites for hydroxylation is 1. The first-order valence-corrected chi connectivity index (χ1v) is 17.1. The smallest absolute Gasteiger partial charge is 0.319 e. The molecule has 248 valence electrons. The van der Waals surface area contributed by atoms with E-state index in [1.807, 2.05) is 13.0 Å². The predicted octanol–water partition coefficient (Wildman–Crippen LogP) is 5.40. The third kappa shape index (κ3) is 5.06. The van der Waals surface area contributed by atoms with Crippen molar-refractivity contribution < 1.29 is 23.4 Å². The summed E-state index contributed by atoms with van der Waals surface area (Å²) < 4.78 is 45.4. The van der Waals surface area contributed by atoms with Crippen LogP contribution in [0, 0.1) is 48.2 Å². The normalized spacial score (nSPS) is 25.9. The van der Waals surface area contributed by atoms with Crippen LogP contribution < -0.4 is 15.0 Å². The Morgan fingerprint density at radius 1 is 1.06 bits per heavy atom. The van der Waals surface area contributed by atoms with Crippen molar-refractivity contribution in [3.8, 4) is 35.2 Å². The molecule has 5 heterocycles. The minimum absolute atomic E-state index is 0.0131. The Labute approximate surface area is 278 Å². The van der Waals surface area contributed by atoms with Gasteiger partial charge in [-0.15, -0.1) is 6.42 Å². The van der Waals surface area contributed by atoms with Crippen molar-refractivity contribution in [2.24, 2.45) is 17.3 Å². The minimum Gasteiger partial charge on any atom is -0.508 e. The molecule has 10 heteroatoms. The second kappa shape index (κ2) is 11.3. The van der Waals surface area contributed by atoms with Crippen LogP contribution in [-0.4, -0.2) is 84.6 Å². The molecule has 9 rings (SSSR count). The van der Waals surface area contributed by atoms with Gasteiger partial charge in [0.1, 0.15) is 22.9 Å². The summed E-state index contributed by atoms with van der Waals surface area (Å²) >= 11 is 0. The molecular weight excluding hydrogens is 612 g/mol. The van der Waals surface area contributed by atoms with Crippen LogP contribution in [0.3, 0.4) is 0 Å². The molecule has 2 N–H and O–H groups in total. The van der Waals surface area contributed by atoms with Crippen LogP contribution in [0.25, 0.3) is 32.8 Å². The van der Waals surface area contributed by atoms with Gasteiger partial charge in [-0.3, -0.25) is 0 Å². The molecule has 0 amide bonds. The van der Waals surface area contributed by atoms with Gasteiger partial charge in [-0.05, 0) is 61.8 Å². The van der Waals surface area contributed by atoms with Gasteiger partial charge < -0.3 is 29.7 Å². The number of terminal acetylenes is 1. The van der Waals surface area contributed by atoms with E-state index in [1.54, 1.807) is 12.1 Å². The van der Waals surface area contributed by atoms with Gasteiger partial charge in [0.25, 0.3) is 0 Å². The van der Waals surface area contributed by atoms with Gasteiger partial charge in [0.15, 0.2) is 5.82 Å². The Hall–Kier alpha value is -4.04. The summed E-state index contributed by atoms with van der Waals surface area (Å²) in [7, 11) is 0. The number of piperazine rings is 1. The van der Waals surface area contributed by atoms with E-state index in [1.165, 1.54) is 12.1 Å². The average molecular weight is 652 g/mol. The number of nitrogens with zero attached hydrogens (tertiary/aromatic N) is 4. The molecule has 4 aromatic rings. The standard InChI is InChI=1S/C38H39F2N5O3/c1-3-28-21(2)4-5-22-10-27(46)11-29(32(22)28)33-31(39)12-30-35(34(33)40)42-37(43-36(30)45-15-25-6-7-26(16-45)41-25)48-20-38(8-9-38)19-44-13-23-17-47-18-24(23)14-44/h1,4-5,10-12,23-26,41,46H,6-9,13-20H2,2H3. The van der Waals surface area contributed by atoms with Crippen molar-refractivity contribution in [2.45, 2.75) is 44.7 Å². The van der Waals surface area contributed by atoms with Crippen LogP contribution in [0.1, 0.15) is 36.8 Å². The lowest BCUT2D eigenvalue weighted by Gasteiger charge is -2.34. The monoisotopic (exact) mass is 651 g/mol. The van der Waals surface area contributed by atoms with Crippen LogP contribution >= 0.6 is 0 Å². The molecule has 2 bridgehead atoms. The summed E-state index contributed by atoms with van der Waals surface area (Å²) in [6, 6.07) is 8.57. The van der Waals surface area contributed by atoms with Gasteiger partial charge in [-0.1, -0.05) is 18.1 Å². The maximum absolute atomic E-state index is 17.0. The predicted molar refractivity (Wildman–Crippen MR) is 180 cm³/mol. The molecule has 4 saturated heterocycles. The minimum atomic E-state index is -0.833. The Balaban J connectivity index is 1.13. The number of hydrogen-bond donors (Lipinski definition) is 2. The maximum Gasteiger partial charge on any atom is 0.319 e. The van der Waals surface area contributed by atoms with Gasteiger partial charge in [0, 0.05) is 84.0 Å². The Kier molecular flexibility index (Phi) is 7.05. The molecule has 48 heavy (non-hydrogen) atoms. The molecule has 8 nitrogen and oxygen atoms in total. The Morgan fingerprint density at radius 2 is 1.81 bits per heavy atom. The number of phenolic OH excluding ortho intramolecular Hbond substituents is 1. The Morgan fingerprint density at radius 3 is 2.52 bits per heavy atom. The van der Waals surface area contributed by atoms with Crippen molar-refractivity contribution in [1.82, 2.24) is 20.2 Å². The van der Waals surface area contributed by atoms with Gasteiger partial charge in [-0.25, -0.2) is 8.78 Å². The zero-order valence-corrected chi connectivity index (χ0v) is 27.1. The number of ether oxygens (including phenoxy) is 2. The van der Waals surface area contributed by atoms with Crippen molar-refractivity contribution in [3.63, 3.8) is 0 Å². The number of benzene rings is 3. The second-order valence-electron chi connectivity index (χ2n) is 14.8. The maximum atomic E-state index is 17.0. The quantitative estimate of drug-likeness (QED) is 0.257. The summed E-state index contributed by atoms with van der Waals surface area (Å²) in [5.41, 5.74) is 1.21. The number of likely N-dealkylation sites (tertiary alicyclic amines) is 1. The van der Waals surface area contributed by atoms with Gasteiger partial charge >= 0.3 is 6.01 Å².